The third kappa shape index (κ3) is 9.15. The fourth-order valence-electron chi connectivity index (χ4n) is 0.889. The van der Waals surface area contributed by atoms with E-state index >= 15 is 0 Å². The van der Waals surface area contributed by atoms with E-state index in [0.29, 0.717) is 0 Å². The second-order valence-corrected chi connectivity index (χ2v) is 3.48. The number of benzene rings is 1. The van der Waals surface area contributed by atoms with Crippen LogP contribution in [0.5, 0.6) is 0 Å². The van der Waals surface area contributed by atoms with Crippen molar-refractivity contribution >= 4 is 23.3 Å². The van der Waals surface area contributed by atoms with Gasteiger partial charge in [-0.25, -0.2) is 13.8 Å². The molecule has 3 N–H and O–H groups in total. The van der Waals surface area contributed by atoms with Crippen LogP contribution in [0, 0.1) is 0 Å². The zero-order valence-corrected chi connectivity index (χ0v) is 13.3. The van der Waals surface area contributed by atoms with E-state index in [-0.39, 0.29) is 55.3 Å². The molecule has 0 saturated carbocycles. The van der Waals surface area contributed by atoms with Crippen LogP contribution in [0.25, 0.3) is 0 Å². The van der Waals surface area contributed by atoms with E-state index < -0.39 is 23.3 Å². The topological polar surface area (TPSA) is 144 Å². The standard InChI is InChI=1S/C8H6O6S.C2H6O2.Na.H/c9-7(10)5-2-1-3-6(4-5)8(11)14-15(12)13;3-1-2-4;;/h1-4H,(H,9,10)(H,12,13);3-4H,1-2H2;;/q;;+1;-1/p-1. The van der Waals surface area contributed by atoms with Gasteiger partial charge in [-0.3, -0.25) is 0 Å². The van der Waals surface area contributed by atoms with Crippen molar-refractivity contribution in [1.29, 1.82) is 0 Å². The first kappa shape index (κ1) is 21.5. The Morgan fingerprint density at radius 1 is 1.25 bits per heavy atom. The van der Waals surface area contributed by atoms with Gasteiger partial charge in [0.1, 0.15) is 11.4 Å². The van der Waals surface area contributed by atoms with E-state index in [1.165, 1.54) is 18.2 Å². The van der Waals surface area contributed by atoms with E-state index in [1.807, 2.05) is 0 Å². The molecule has 0 aliphatic carbocycles. The molecule has 0 saturated heterocycles. The molecule has 0 spiro atoms. The van der Waals surface area contributed by atoms with Gasteiger partial charge in [-0.15, -0.1) is 0 Å². The second kappa shape index (κ2) is 12.0. The number of carbonyl (C=O) groups excluding carboxylic acids is 1. The van der Waals surface area contributed by atoms with E-state index in [9.17, 15) is 18.4 Å². The third-order valence-electron chi connectivity index (χ3n) is 1.59. The molecule has 1 atom stereocenters. The first-order valence-electron chi connectivity index (χ1n) is 4.79. The largest absolute Gasteiger partial charge is 1.00 e. The summed E-state index contributed by atoms with van der Waals surface area (Å²) >= 11 is -2.96. The maximum absolute atomic E-state index is 11.0. The molecule has 8 nitrogen and oxygen atoms in total. The summed E-state index contributed by atoms with van der Waals surface area (Å²) in [5, 5.41) is 23.8. The molecule has 0 aliphatic heterocycles. The summed E-state index contributed by atoms with van der Waals surface area (Å²) in [7, 11) is 0. The van der Waals surface area contributed by atoms with Crippen LogP contribution < -0.4 is 29.6 Å². The molecule has 0 aliphatic rings. The van der Waals surface area contributed by atoms with Crippen LogP contribution in [0.3, 0.4) is 0 Å². The molecule has 0 bridgehead atoms. The van der Waals surface area contributed by atoms with Gasteiger partial charge in [0.25, 0.3) is 0 Å². The van der Waals surface area contributed by atoms with Gasteiger partial charge in [-0.1, -0.05) is 6.07 Å². The molecular weight excluding hydrogens is 303 g/mol. The molecule has 0 heterocycles. The molecule has 108 valence electrons. The van der Waals surface area contributed by atoms with Gasteiger partial charge in [0.15, 0.2) is 0 Å². The van der Waals surface area contributed by atoms with Crippen LogP contribution in [-0.4, -0.2) is 49.2 Å². The van der Waals surface area contributed by atoms with Crippen molar-refractivity contribution in [2.24, 2.45) is 0 Å². The fraction of sp³-hybridized carbons (Fsp3) is 0.200. The Bertz CT molecular complexity index is 468. The smallest absolute Gasteiger partial charge is 1.00 e. The van der Waals surface area contributed by atoms with E-state index in [0.717, 1.165) is 6.07 Å². The number of hydrogen-bond acceptors (Lipinski definition) is 7. The minimum atomic E-state index is -2.96. The Morgan fingerprint density at radius 3 is 2.15 bits per heavy atom. The van der Waals surface area contributed by atoms with Crippen molar-refractivity contribution in [3.05, 3.63) is 35.4 Å². The SMILES string of the molecule is O=C(O)c1cccc(C(=O)OS(=O)[O-])c1.OCCO.[H-].[Na+]. The summed E-state index contributed by atoms with van der Waals surface area (Å²) in [5.41, 5.74) is -0.264. The van der Waals surface area contributed by atoms with Gasteiger partial charge in [-0.2, -0.15) is 0 Å². The van der Waals surface area contributed by atoms with Crippen molar-refractivity contribution in [2.45, 2.75) is 0 Å². The van der Waals surface area contributed by atoms with Crippen molar-refractivity contribution in [1.82, 2.24) is 0 Å². The van der Waals surface area contributed by atoms with Gasteiger partial charge >= 0.3 is 41.5 Å². The summed E-state index contributed by atoms with van der Waals surface area (Å²) in [6, 6.07) is 4.86. The van der Waals surface area contributed by atoms with Crippen LogP contribution in [-0.2, 0) is 15.5 Å². The van der Waals surface area contributed by atoms with Crippen LogP contribution in [0.15, 0.2) is 24.3 Å². The van der Waals surface area contributed by atoms with E-state index in [1.54, 1.807) is 0 Å². The molecule has 1 unspecified atom stereocenters. The Morgan fingerprint density at radius 2 is 1.75 bits per heavy atom. The third-order valence-corrected chi connectivity index (χ3v) is 1.88. The van der Waals surface area contributed by atoms with Crippen LogP contribution in [0.1, 0.15) is 22.1 Å². The number of aromatic carboxylic acids is 1. The summed E-state index contributed by atoms with van der Waals surface area (Å²) in [6.07, 6.45) is 0. The summed E-state index contributed by atoms with van der Waals surface area (Å²) in [4.78, 5) is 21.5. The Kier molecular flexibility index (Phi) is 12.9. The number of rotatable bonds is 4. The van der Waals surface area contributed by atoms with Gasteiger partial charge in [0.2, 0.25) is 0 Å². The maximum atomic E-state index is 11.0. The number of hydrogen-bond donors (Lipinski definition) is 3. The van der Waals surface area contributed by atoms with Crippen molar-refractivity contribution in [2.75, 3.05) is 13.2 Å². The molecule has 0 radical (unpaired) electrons. The predicted molar refractivity (Wildman–Crippen MR) is 63.0 cm³/mol. The van der Waals surface area contributed by atoms with E-state index in [2.05, 4.69) is 4.18 Å². The monoisotopic (exact) mass is 315 g/mol. The first-order valence-corrected chi connectivity index (χ1v) is 5.79. The predicted octanol–water partition coefficient (Wildman–Crippen LogP) is -3.58. The van der Waals surface area contributed by atoms with E-state index in [4.69, 9.17) is 15.3 Å². The second-order valence-electron chi connectivity index (χ2n) is 2.91. The van der Waals surface area contributed by atoms with Crippen molar-refractivity contribution < 1.29 is 68.8 Å². The zero-order chi connectivity index (χ0) is 14.8. The fourth-order valence-corrected chi connectivity index (χ4v) is 1.11. The van der Waals surface area contributed by atoms with Crippen LogP contribution in [0.2, 0.25) is 0 Å². The van der Waals surface area contributed by atoms with Crippen molar-refractivity contribution in [3.63, 3.8) is 0 Å². The molecule has 10 heteroatoms. The van der Waals surface area contributed by atoms with Gasteiger partial charge < -0.3 is 25.5 Å². The zero-order valence-electron chi connectivity index (χ0n) is 11.5. The minimum Gasteiger partial charge on any atom is -1.00 e. The number of carbonyl (C=O) groups is 2. The number of aliphatic hydroxyl groups excluding tert-OH is 2. The molecular formula is C10H12NaO8S-. The number of carboxylic acid groups (broad SMARTS) is 1. The summed E-state index contributed by atoms with van der Waals surface area (Å²) in [6.45, 7) is -0.250. The summed E-state index contributed by atoms with van der Waals surface area (Å²) < 4.78 is 23.9. The normalized spacial score (nSPS) is 10.3. The molecule has 1 aromatic rings. The molecule has 0 amide bonds. The average molecular weight is 315 g/mol. The number of carboxylic acids is 1. The number of aliphatic hydroxyl groups is 2. The molecule has 20 heavy (non-hydrogen) atoms. The molecule has 1 aromatic carbocycles. The summed E-state index contributed by atoms with van der Waals surface area (Å²) in [5.74, 6) is -2.33. The molecule has 0 fully saturated rings. The Labute approximate surface area is 140 Å². The first-order chi connectivity index (χ1) is 8.92. The maximum Gasteiger partial charge on any atom is 1.00 e. The van der Waals surface area contributed by atoms with Gasteiger partial charge in [-0.05, 0) is 18.2 Å². The average Bonchev–Trinajstić information content (AvgIpc) is 2.38. The molecule has 1 rings (SSSR count). The van der Waals surface area contributed by atoms with Gasteiger partial charge in [0.05, 0.1) is 24.3 Å². The Hall–Kier alpha value is -0.810. The molecule has 0 aromatic heterocycles. The van der Waals surface area contributed by atoms with Crippen LogP contribution >= 0.6 is 0 Å². The van der Waals surface area contributed by atoms with Crippen molar-refractivity contribution in [3.8, 4) is 0 Å². The quantitative estimate of drug-likeness (QED) is 0.382. The minimum absolute atomic E-state index is 0. The Balaban J connectivity index is -0.000000482. The van der Waals surface area contributed by atoms with Crippen LogP contribution in [0.4, 0.5) is 0 Å². The van der Waals surface area contributed by atoms with Gasteiger partial charge in [0, 0.05) is 0 Å².